The first kappa shape index (κ1) is 36.6. The third kappa shape index (κ3) is 11.8. The van der Waals surface area contributed by atoms with Gasteiger partial charge in [0, 0.05) is 37.3 Å². The lowest BCUT2D eigenvalue weighted by Gasteiger charge is -2.41. The maximum absolute atomic E-state index is 12.7. The van der Waals surface area contributed by atoms with Gasteiger partial charge in [0.2, 0.25) is 5.91 Å². The van der Waals surface area contributed by atoms with Crippen molar-refractivity contribution in [2.45, 2.75) is 52.5 Å². The number of amides is 2. The summed E-state index contributed by atoms with van der Waals surface area (Å²) in [4.78, 5) is 27.1. The number of benzene rings is 2. The normalized spacial score (nSPS) is 16.8. The second kappa shape index (κ2) is 20.3. The molecule has 1 heterocycles. The number of anilines is 1. The van der Waals surface area contributed by atoms with Gasteiger partial charge in [0.15, 0.2) is 0 Å². The Morgan fingerprint density at radius 1 is 0.844 bits per heavy atom. The molecule has 0 aromatic heterocycles. The van der Waals surface area contributed by atoms with Crippen LogP contribution in [0.3, 0.4) is 0 Å². The van der Waals surface area contributed by atoms with Crippen molar-refractivity contribution >= 4 is 17.5 Å². The Morgan fingerprint density at radius 3 is 1.91 bits per heavy atom. The van der Waals surface area contributed by atoms with Crippen molar-refractivity contribution in [2.75, 3.05) is 84.1 Å². The van der Waals surface area contributed by atoms with E-state index in [2.05, 4.69) is 44.3 Å². The number of carbonyl (C=O) groups excluding carboxylic acids is 2. The van der Waals surface area contributed by atoms with Crippen molar-refractivity contribution < 1.29 is 33.3 Å². The van der Waals surface area contributed by atoms with Crippen LogP contribution >= 0.6 is 0 Å². The van der Waals surface area contributed by atoms with Crippen LogP contribution < -0.4 is 16.0 Å². The highest BCUT2D eigenvalue weighted by Crippen LogP contribution is 2.44. The van der Waals surface area contributed by atoms with Gasteiger partial charge in [-0.2, -0.15) is 0 Å². The Hall–Kier alpha value is -2.86. The third-order valence-corrected chi connectivity index (χ3v) is 8.16. The number of ether oxygens (including phenoxy) is 5. The molecule has 0 aliphatic carbocycles. The molecule has 45 heavy (non-hydrogen) atoms. The van der Waals surface area contributed by atoms with Gasteiger partial charge in [-0.1, -0.05) is 38.5 Å². The number of rotatable bonds is 21. The van der Waals surface area contributed by atoms with Gasteiger partial charge in [-0.05, 0) is 66.1 Å². The summed E-state index contributed by atoms with van der Waals surface area (Å²) in [7, 11) is 0. The Morgan fingerprint density at radius 2 is 1.38 bits per heavy atom. The van der Waals surface area contributed by atoms with E-state index in [1.54, 1.807) is 6.92 Å². The van der Waals surface area contributed by atoms with Crippen LogP contribution in [0.1, 0.15) is 62.4 Å². The van der Waals surface area contributed by atoms with Crippen LogP contribution in [0.5, 0.6) is 0 Å². The second-order valence-corrected chi connectivity index (χ2v) is 11.4. The van der Waals surface area contributed by atoms with Crippen LogP contribution in [-0.4, -0.2) is 97.0 Å². The first-order valence-electron chi connectivity index (χ1n) is 16.3. The molecule has 3 rings (SSSR count). The lowest BCUT2D eigenvalue weighted by atomic mass is 9.76. The molecule has 3 unspecified atom stereocenters. The van der Waals surface area contributed by atoms with E-state index < -0.39 is 0 Å². The summed E-state index contributed by atoms with van der Waals surface area (Å²) in [6.07, 6.45) is 2.05. The van der Waals surface area contributed by atoms with Crippen LogP contribution in [0.25, 0.3) is 11.1 Å². The molecule has 10 nitrogen and oxygen atoms in total. The van der Waals surface area contributed by atoms with Gasteiger partial charge in [-0.15, -0.1) is 0 Å². The topological polar surface area (TPSA) is 122 Å². The number of nitrogens with zero attached hydrogens (tertiary/aromatic N) is 1. The fourth-order valence-corrected chi connectivity index (χ4v) is 5.61. The first-order valence-corrected chi connectivity index (χ1v) is 16.3. The molecule has 0 saturated carbocycles. The summed E-state index contributed by atoms with van der Waals surface area (Å²) in [6.45, 7) is 14.1. The van der Waals surface area contributed by atoms with Gasteiger partial charge in [0.25, 0.3) is 5.91 Å². The maximum atomic E-state index is 12.7. The Balaban J connectivity index is 1.34. The molecule has 1 aliphatic rings. The van der Waals surface area contributed by atoms with Gasteiger partial charge < -0.3 is 39.6 Å². The highest BCUT2D eigenvalue weighted by Gasteiger charge is 2.34. The van der Waals surface area contributed by atoms with Crippen LogP contribution in [-0.2, 0) is 28.5 Å². The quantitative estimate of drug-likeness (QED) is 0.196. The van der Waals surface area contributed by atoms with Crippen LogP contribution in [0.15, 0.2) is 42.5 Å². The first-order chi connectivity index (χ1) is 21.9. The van der Waals surface area contributed by atoms with Crippen molar-refractivity contribution in [3.05, 3.63) is 53.6 Å². The summed E-state index contributed by atoms with van der Waals surface area (Å²) >= 11 is 0. The van der Waals surface area contributed by atoms with Crippen LogP contribution in [0.4, 0.5) is 5.69 Å². The van der Waals surface area contributed by atoms with Crippen LogP contribution in [0, 0.1) is 5.92 Å². The van der Waals surface area contributed by atoms with Crippen LogP contribution in [0.2, 0.25) is 0 Å². The molecule has 3 N–H and O–H groups in total. The van der Waals surface area contributed by atoms with Crippen molar-refractivity contribution in [3.63, 3.8) is 0 Å². The summed E-state index contributed by atoms with van der Waals surface area (Å²) in [5.41, 5.74) is 10.3. The van der Waals surface area contributed by atoms with E-state index >= 15 is 0 Å². The van der Waals surface area contributed by atoms with E-state index in [-0.39, 0.29) is 17.9 Å². The lowest BCUT2D eigenvalue weighted by molar-refractivity contribution is -0.117. The van der Waals surface area contributed by atoms with Gasteiger partial charge in [-0.3, -0.25) is 9.59 Å². The minimum atomic E-state index is -0.140. The van der Waals surface area contributed by atoms with E-state index in [1.165, 1.54) is 5.56 Å². The molecular formula is C35H53N3O7. The highest BCUT2D eigenvalue weighted by molar-refractivity contribution is 5.95. The molecule has 0 fully saturated rings. The lowest BCUT2D eigenvalue weighted by Crippen LogP contribution is -2.42. The summed E-state index contributed by atoms with van der Waals surface area (Å²) in [5, 5.41) is 2.91. The van der Waals surface area contributed by atoms with E-state index in [9.17, 15) is 9.59 Å². The molecule has 0 spiro atoms. The fraction of sp³-hybridized carbons (Fsp3) is 0.600. The summed E-state index contributed by atoms with van der Waals surface area (Å²) in [5.74, 6) is 0.859. The Labute approximate surface area is 268 Å². The van der Waals surface area contributed by atoms with E-state index in [0.29, 0.717) is 96.6 Å². The van der Waals surface area contributed by atoms with Crippen molar-refractivity contribution in [1.82, 2.24) is 5.32 Å². The zero-order valence-electron chi connectivity index (χ0n) is 27.6. The number of fused-ring (bicyclic) bond motifs is 1. The average molecular weight is 628 g/mol. The number of carbonyl (C=O) groups is 2. The largest absolute Gasteiger partial charge is 0.378 e. The molecule has 1 aliphatic heterocycles. The van der Waals surface area contributed by atoms with Gasteiger partial charge >= 0.3 is 0 Å². The van der Waals surface area contributed by atoms with Crippen molar-refractivity contribution in [2.24, 2.45) is 11.7 Å². The third-order valence-electron chi connectivity index (χ3n) is 8.16. The van der Waals surface area contributed by atoms with E-state index in [1.807, 2.05) is 29.2 Å². The minimum Gasteiger partial charge on any atom is -0.378 e. The molecule has 250 valence electrons. The van der Waals surface area contributed by atoms with Crippen molar-refractivity contribution in [3.8, 4) is 11.1 Å². The Kier molecular flexibility index (Phi) is 16.5. The monoisotopic (exact) mass is 627 g/mol. The molecule has 0 saturated heterocycles. The molecule has 0 radical (unpaired) electrons. The number of hydrogen-bond donors (Lipinski definition) is 2. The Bertz CT molecular complexity index is 1160. The predicted molar refractivity (Wildman–Crippen MR) is 177 cm³/mol. The van der Waals surface area contributed by atoms with E-state index in [4.69, 9.17) is 29.4 Å². The molecule has 2 amide bonds. The molecule has 0 bridgehead atoms. The highest BCUT2D eigenvalue weighted by atomic mass is 16.6. The average Bonchev–Trinajstić information content (AvgIpc) is 3.05. The van der Waals surface area contributed by atoms with Gasteiger partial charge in [0.05, 0.1) is 66.1 Å². The van der Waals surface area contributed by atoms with Gasteiger partial charge in [-0.25, -0.2) is 0 Å². The minimum absolute atomic E-state index is 0.0776. The summed E-state index contributed by atoms with van der Waals surface area (Å²) in [6, 6.07) is 14.2. The zero-order chi connectivity index (χ0) is 32.4. The SMILES string of the molecule is CCC(C)C1CC(C)N(C(C)=O)c2ccc(-c3ccc(C(=O)NCCOCCOCCOCCOCCOCCN)cc3)cc21. The smallest absolute Gasteiger partial charge is 0.251 e. The standard InChI is InChI=1S/C35H53N3O7/c1-5-26(2)32-24-27(3)38(28(4)39)34-11-10-31(25-33(32)34)29-6-8-30(9-7-29)35(40)37-13-15-42-17-19-44-21-23-45-22-20-43-18-16-41-14-12-36/h6-11,25-27,32H,5,12-24,36H2,1-4H3,(H,37,40). The second-order valence-electron chi connectivity index (χ2n) is 11.4. The number of hydrogen-bond acceptors (Lipinski definition) is 8. The zero-order valence-corrected chi connectivity index (χ0v) is 27.6. The maximum Gasteiger partial charge on any atom is 0.251 e. The molecule has 10 heteroatoms. The number of nitrogens with two attached hydrogens (primary N) is 1. The molecule has 3 atom stereocenters. The van der Waals surface area contributed by atoms with Gasteiger partial charge in [0.1, 0.15) is 0 Å². The van der Waals surface area contributed by atoms with E-state index in [0.717, 1.165) is 29.7 Å². The molecular weight excluding hydrogens is 574 g/mol. The molecule has 2 aromatic rings. The fourth-order valence-electron chi connectivity index (χ4n) is 5.61. The number of nitrogens with one attached hydrogen (secondary N) is 1. The predicted octanol–water partition coefficient (Wildman–Crippen LogP) is 4.40. The molecule has 2 aromatic carbocycles. The van der Waals surface area contributed by atoms with Crippen molar-refractivity contribution in [1.29, 1.82) is 0 Å². The summed E-state index contributed by atoms with van der Waals surface area (Å²) < 4.78 is 27.1.